The average Bonchev–Trinajstić information content (AvgIpc) is 2.57. The van der Waals surface area contributed by atoms with Gasteiger partial charge in [0.2, 0.25) is 0 Å². The molecular formula is C18H20ClN3O2. The van der Waals surface area contributed by atoms with E-state index in [1.807, 2.05) is 12.1 Å². The minimum absolute atomic E-state index is 0.268. The normalized spacial score (nSPS) is 14.1. The van der Waals surface area contributed by atoms with E-state index in [2.05, 4.69) is 23.3 Å². The Hall–Kier alpha value is -2.24. The van der Waals surface area contributed by atoms with Crippen LogP contribution < -0.4 is 15.8 Å². The molecule has 0 atom stereocenters. The molecular weight excluding hydrogens is 326 g/mol. The molecule has 1 amide bonds. The van der Waals surface area contributed by atoms with Crippen LogP contribution in [0.15, 0.2) is 30.3 Å². The molecule has 2 aromatic rings. The molecule has 0 saturated carbocycles. The molecule has 126 valence electrons. The summed E-state index contributed by atoms with van der Waals surface area (Å²) in [7, 11) is 3.57. The Balaban J connectivity index is 1.93. The summed E-state index contributed by atoms with van der Waals surface area (Å²) in [4.78, 5) is 15.0. The third-order valence-electron chi connectivity index (χ3n) is 4.28. The Morgan fingerprint density at radius 3 is 2.92 bits per heavy atom. The monoisotopic (exact) mass is 345 g/mol. The van der Waals surface area contributed by atoms with Crippen LogP contribution in [0.5, 0.6) is 5.75 Å². The molecule has 1 aliphatic rings. The third kappa shape index (κ3) is 3.18. The predicted molar refractivity (Wildman–Crippen MR) is 96.8 cm³/mol. The zero-order valence-electron chi connectivity index (χ0n) is 13.7. The van der Waals surface area contributed by atoms with Gasteiger partial charge in [-0.2, -0.15) is 0 Å². The van der Waals surface area contributed by atoms with Crippen LogP contribution in [0.25, 0.3) is 0 Å². The second kappa shape index (κ2) is 6.71. The number of likely N-dealkylation sites (N-methyl/N-ethyl adjacent to an activating group) is 1. The van der Waals surface area contributed by atoms with Gasteiger partial charge in [0, 0.05) is 24.8 Å². The van der Waals surface area contributed by atoms with Crippen molar-refractivity contribution < 1.29 is 9.53 Å². The van der Waals surface area contributed by atoms with Crippen molar-refractivity contribution in [3.8, 4) is 5.75 Å². The summed E-state index contributed by atoms with van der Waals surface area (Å²) in [6, 6.07) is 9.09. The van der Waals surface area contributed by atoms with E-state index >= 15 is 0 Å². The maximum Gasteiger partial charge on any atom is 0.259 e. The van der Waals surface area contributed by atoms with Crippen molar-refractivity contribution in [2.45, 2.75) is 13.0 Å². The lowest BCUT2D eigenvalue weighted by atomic mass is 9.98. The lowest BCUT2D eigenvalue weighted by molar-refractivity contribution is 0.102. The second-order valence-electron chi connectivity index (χ2n) is 5.96. The number of amides is 1. The number of anilines is 2. The molecule has 24 heavy (non-hydrogen) atoms. The first-order valence-corrected chi connectivity index (χ1v) is 8.11. The Morgan fingerprint density at radius 1 is 1.38 bits per heavy atom. The van der Waals surface area contributed by atoms with Crippen LogP contribution in [0.1, 0.15) is 21.5 Å². The molecule has 0 radical (unpaired) electrons. The number of fused-ring (bicyclic) bond motifs is 1. The van der Waals surface area contributed by atoms with Gasteiger partial charge >= 0.3 is 0 Å². The lowest BCUT2D eigenvalue weighted by Crippen LogP contribution is -2.28. The van der Waals surface area contributed by atoms with E-state index in [-0.39, 0.29) is 5.91 Å². The van der Waals surface area contributed by atoms with E-state index in [9.17, 15) is 4.79 Å². The molecule has 6 heteroatoms. The summed E-state index contributed by atoms with van der Waals surface area (Å²) >= 11 is 6.06. The number of hydrogen-bond acceptors (Lipinski definition) is 4. The first-order chi connectivity index (χ1) is 11.5. The molecule has 0 aliphatic carbocycles. The number of carbonyl (C=O) groups excluding carboxylic acids is 1. The predicted octanol–water partition coefficient (Wildman–Crippen LogP) is 3.17. The SMILES string of the molecule is COc1cc(N)c(Cl)cc1C(=O)Nc1cccc2c1CN(C)CC2. The molecule has 5 nitrogen and oxygen atoms in total. The van der Waals surface area contributed by atoms with Crippen molar-refractivity contribution in [2.24, 2.45) is 0 Å². The molecule has 1 aliphatic heterocycles. The number of benzene rings is 2. The van der Waals surface area contributed by atoms with Gasteiger partial charge in [0.05, 0.1) is 23.4 Å². The van der Waals surface area contributed by atoms with Crippen molar-refractivity contribution in [3.63, 3.8) is 0 Å². The first-order valence-electron chi connectivity index (χ1n) is 7.73. The van der Waals surface area contributed by atoms with Gasteiger partial charge in [-0.15, -0.1) is 0 Å². The fourth-order valence-corrected chi connectivity index (χ4v) is 3.10. The Labute approximate surface area is 146 Å². The van der Waals surface area contributed by atoms with Crippen LogP contribution >= 0.6 is 11.6 Å². The number of nitrogens with two attached hydrogens (primary N) is 1. The third-order valence-corrected chi connectivity index (χ3v) is 4.60. The molecule has 0 saturated heterocycles. The van der Waals surface area contributed by atoms with Crippen molar-refractivity contribution in [2.75, 3.05) is 31.8 Å². The number of hydrogen-bond donors (Lipinski definition) is 2. The van der Waals surface area contributed by atoms with Crippen LogP contribution in [0.2, 0.25) is 5.02 Å². The molecule has 0 spiro atoms. The Morgan fingerprint density at radius 2 is 2.17 bits per heavy atom. The van der Waals surface area contributed by atoms with E-state index in [0.717, 1.165) is 30.8 Å². The van der Waals surface area contributed by atoms with Gasteiger partial charge in [-0.05, 0) is 36.7 Å². The fraction of sp³-hybridized carbons (Fsp3) is 0.278. The maximum atomic E-state index is 12.7. The summed E-state index contributed by atoms with van der Waals surface area (Å²) < 4.78 is 5.26. The highest BCUT2D eigenvalue weighted by atomic mass is 35.5. The largest absolute Gasteiger partial charge is 0.496 e. The minimum Gasteiger partial charge on any atom is -0.496 e. The smallest absolute Gasteiger partial charge is 0.259 e. The van der Waals surface area contributed by atoms with Gasteiger partial charge in [-0.1, -0.05) is 23.7 Å². The Bertz CT molecular complexity index is 792. The minimum atomic E-state index is -0.268. The number of carbonyl (C=O) groups is 1. The number of nitrogens with one attached hydrogen (secondary N) is 1. The molecule has 0 fully saturated rings. The van der Waals surface area contributed by atoms with E-state index in [1.54, 1.807) is 6.07 Å². The lowest BCUT2D eigenvalue weighted by Gasteiger charge is -2.27. The first kappa shape index (κ1) is 16.6. The molecule has 3 N–H and O–H groups in total. The molecule has 0 aromatic heterocycles. The summed E-state index contributed by atoms with van der Waals surface area (Å²) in [6.45, 7) is 1.83. The summed E-state index contributed by atoms with van der Waals surface area (Å²) in [5, 5.41) is 3.31. The van der Waals surface area contributed by atoms with Gasteiger partial charge in [0.25, 0.3) is 5.91 Å². The quantitative estimate of drug-likeness (QED) is 0.838. The summed E-state index contributed by atoms with van der Waals surface area (Å²) in [6.07, 6.45) is 0.979. The molecule has 0 unspecified atom stereocenters. The number of nitrogen functional groups attached to an aromatic ring is 1. The molecule has 3 rings (SSSR count). The molecule has 2 aromatic carbocycles. The fourth-order valence-electron chi connectivity index (χ4n) is 2.94. The highest BCUT2D eigenvalue weighted by molar-refractivity contribution is 6.33. The second-order valence-corrected chi connectivity index (χ2v) is 6.37. The van der Waals surface area contributed by atoms with Gasteiger partial charge in [0.15, 0.2) is 0 Å². The van der Waals surface area contributed by atoms with Crippen molar-refractivity contribution >= 4 is 28.9 Å². The van der Waals surface area contributed by atoms with E-state index in [4.69, 9.17) is 22.1 Å². The van der Waals surface area contributed by atoms with Crippen LogP contribution in [-0.2, 0) is 13.0 Å². The van der Waals surface area contributed by atoms with Gasteiger partial charge in [-0.25, -0.2) is 0 Å². The number of nitrogens with zero attached hydrogens (tertiary/aromatic N) is 1. The van der Waals surface area contributed by atoms with Crippen molar-refractivity contribution in [1.29, 1.82) is 0 Å². The zero-order valence-corrected chi connectivity index (χ0v) is 14.5. The molecule has 1 heterocycles. The maximum absolute atomic E-state index is 12.7. The van der Waals surface area contributed by atoms with Gasteiger partial charge in [0.1, 0.15) is 5.75 Å². The summed E-state index contributed by atoms with van der Waals surface area (Å²) in [5.41, 5.74) is 9.76. The average molecular weight is 346 g/mol. The van der Waals surface area contributed by atoms with Crippen molar-refractivity contribution in [1.82, 2.24) is 4.90 Å². The summed E-state index contributed by atoms with van der Waals surface area (Å²) in [5.74, 6) is 0.131. The van der Waals surface area contributed by atoms with Gasteiger partial charge < -0.3 is 20.7 Å². The standard InChI is InChI=1S/C18H20ClN3O2/c1-22-7-6-11-4-3-5-16(13(11)10-22)21-18(23)12-8-14(19)15(20)9-17(12)24-2/h3-5,8-9H,6-7,10,20H2,1-2H3,(H,21,23). The van der Waals surface area contributed by atoms with E-state index in [1.165, 1.54) is 18.7 Å². The number of ether oxygens (including phenoxy) is 1. The highest BCUT2D eigenvalue weighted by Gasteiger charge is 2.20. The van der Waals surface area contributed by atoms with Gasteiger partial charge in [-0.3, -0.25) is 4.79 Å². The van der Waals surface area contributed by atoms with Crippen LogP contribution in [0, 0.1) is 0 Å². The number of rotatable bonds is 3. The number of methoxy groups -OCH3 is 1. The van der Waals surface area contributed by atoms with Crippen molar-refractivity contribution in [3.05, 3.63) is 52.0 Å². The van der Waals surface area contributed by atoms with Crippen LogP contribution in [-0.4, -0.2) is 31.5 Å². The topological polar surface area (TPSA) is 67.6 Å². The van der Waals surface area contributed by atoms with Crippen LogP contribution in [0.3, 0.4) is 0 Å². The van der Waals surface area contributed by atoms with Crippen LogP contribution in [0.4, 0.5) is 11.4 Å². The number of halogens is 1. The van der Waals surface area contributed by atoms with E-state index < -0.39 is 0 Å². The van der Waals surface area contributed by atoms with E-state index in [0.29, 0.717) is 22.0 Å². The Kier molecular flexibility index (Phi) is 4.64. The molecule has 0 bridgehead atoms. The zero-order chi connectivity index (χ0) is 17.3. The highest BCUT2D eigenvalue weighted by Crippen LogP contribution is 2.31.